The van der Waals surface area contributed by atoms with Crippen molar-refractivity contribution in [3.05, 3.63) is 75.5 Å². The Morgan fingerprint density at radius 1 is 1.20 bits per heavy atom. The summed E-state index contributed by atoms with van der Waals surface area (Å²) in [5, 5.41) is 22.2. The molecule has 0 aliphatic rings. The normalized spacial score (nSPS) is 11.5. The number of nitrogens with one attached hydrogen (secondary N) is 1. The molecule has 0 aromatic heterocycles. The Bertz CT molecular complexity index is 848. The standard InChI is InChI=1S/C16H11F3N2O4/c17-16(18,19)11-2-1-3-12(9-11)20-14-5-4-10(6-7-21(24)25)8-13(14)15(22)23/h1-9,20H,(H,22,23)/b7-6+. The van der Waals surface area contributed by atoms with Crippen molar-refractivity contribution < 1.29 is 28.0 Å². The topological polar surface area (TPSA) is 92.5 Å². The summed E-state index contributed by atoms with van der Waals surface area (Å²) >= 11 is 0. The van der Waals surface area contributed by atoms with Crippen molar-refractivity contribution in [1.29, 1.82) is 0 Å². The van der Waals surface area contributed by atoms with Gasteiger partial charge in [-0.3, -0.25) is 10.1 Å². The Hall–Kier alpha value is -3.36. The maximum absolute atomic E-state index is 12.7. The highest BCUT2D eigenvalue weighted by atomic mass is 19.4. The lowest BCUT2D eigenvalue weighted by Crippen LogP contribution is -2.06. The molecule has 0 amide bonds. The Morgan fingerprint density at radius 2 is 1.92 bits per heavy atom. The second-order valence-electron chi connectivity index (χ2n) is 4.91. The first-order valence-electron chi connectivity index (χ1n) is 6.80. The molecule has 0 radical (unpaired) electrons. The first-order chi connectivity index (χ1) is 11.7. The number of aromatic carboxylic acids is 1. The lowest BCUT2D eigenvalue weighted by Gasteiger charge is -2.13. The van der Waals surface area contributed by atoms with Gasteiger partial charge in [0.1, 0.15) is 0 Å². The average Bonchev–Trinajstić information content (AvgIpc) is 2.53. The molecule has 6 nitrogen and oxygen atoms in total. The molecule has 2 N–H and O–H groups in total. The number of alkyl halides is 3. The van der Waals surface area contributed by atoms with Crippen LogP contribution in [0.5, 0.6) is 0 Å². The van der Waals surface area contributed by atoms with E-state index in [1.54, 1.807) is 0 Å². The van der Waals surface area contributed by atoms with E-state index in [1.807, 2.05) is 0 Å². The van der Waals surface area contributed by atoms with Crippen molar-refractivity contribution in [2.24, 2.45) is 0 Å². The fourth-order valence-electron chi connectivity index (χ4n) is 2.03. The van der Waals surface area contributed by atoms with Gasteiger partial charge in [-0.25, -0.2) is 4.79 Å². The number of hydrogen-bond donors (Lipinski definition) is 2. The Balaban J connectivity index is 2.36. The molecule has 0 saturated heterocycles. The number of nitro groups is 1. The molecule has 2 rings (SSSR count). The van der Waals surface area contributed by atoms with Crippen LogP contribution in [0.2, 0.25) is 0 Å². The maximum atomic E-state index is 12.7. The summed E-state index contributed by atoms with van der Waals surface area (Å²) in [6.07, 6.45) is -2.76. The highest BCUT2D eigenvalue weighted by Crippen LogP contribution is 2.32. The summed E-state index contributed by atoms with van der Waals surface area (Å²) in [5.74, 6) is -1.33. The zero-order chi connectivity index (χ0) is 18.6. The smallest absolute Gasteiger partial charge is 0.416 e. The number of hydrogen-bond acceptors (Lipinski definition) is 4. The van der Waals surface area contributed by atoms with Gasteiger partial charge in [0.25, 0.3) is 0 Å². The SMILES string of the molecule is O=C(O)c1cc(/C=C/[N+](=O)[O-])ccc1Nc1cccc(C(F)(F)F)c1. The van der Waals surface area contributed by atoms with Crippen LogP contribution < -0.4 is 5.32 Å². The van der Waals surface area contributed by atoms with Gasteiger partial charge in [0.05, 0.1) is 21.7 Å². The van der Waals surface area contributed by atoms with E-state index in [1.165, 1.54) is 30.3 Å². The zero-order valence-electron chi connectivity index (χ0n) is 12.4. The van der Waals surface area contributed by atoms with Crippen molar-refractivity contribution in [2.45, 2.75) is 6.18 Å². The number of carboxylic acid groups (broad SMARTS) is 1. The minimum Gasteiger partial charge on any atom is -0.478 e. The van der Waals surface area contributed by atoms with Crippen LogP contribution in [-0.4, -0.2) is 16.0 Å². The van der Waals surface area contributed by atoms with E-state index in [0.717, 1.165) is 18.2 Å². The summed E-state index contributed by atoms with van der Waals surface area (Å²) in [6.45, 7) is 0. The van der Waals surface area contributed by atoms with Crippen LogP contribution in [0.1, 0.15) is 21.5 Å². The average molecular weight is 352 g/mol. The van der Waals surface area contributed by atoms with Gasteiger partial charge in [-0.1, -0.05) is 12.1 Å². The molecule has 2 aromatic carbocycles. The predicted molar refractivity (Wildman–Crippen MR) is 84.2 cm³/mol. The molecule has 0 fully saturated rings. The minimum absolute atomic E-state index is 0.0603. The summed E-state index contributed by atoms with van der Waals surface area (Å²) in [5.41, 5.74) is -0.720. The molecular formula is C16H11F3N2O4. The third-order valence-corrected chi connectivity index (χ3v) is 3.13. The maximum Gasteiger partial charge on any atom is 0.416 e. The third kappa shape index (κ3) is 4.80. The van der Waals surface area contributed by atoms with Crippen molar-refractivity contribution in [1.82, 2.24) is 0 Å². The number of carbonyl (C=O) groups is 1. The molecule has 0 atom stereocenters. The summed E-state index contributed by atoms with van der Waals surface area (Å²) in [7, 11) is 0. The number of carboxylic acids is 1. The Morgan fingerprint density at radius 3 is 2.52 bits per heavy atom. The van der Waals surface area contributed by atoms with E-state index in [9.17, 15) is 33.2 Å². The molecule has 0 saturated carbocycles. The molecule has 0 spiro atoms. The molecule has 0 unspecified atom stereocenters. The second kappa shape index (κ2) is 7.04. The summed E-state index contributed by atoms with van der Waals surface area (Å²) in [6, 6.07) is 8.21. The van der Waals surface area contributed by atoms with Crippen molar-refractivity contribution in [3.63, 3.8) is 0 Å². The van der Waals surface area contributed by atoms with Gasteiger partial charge in [-0.05, 0) is 35.9 Å². The highest BCUT2D eigenvalue weighted by molar-refractivity contribution is 5.96. The largest absolute Gasteiger partial charge is 0.478 e. The van der Waals surface area contributed by atoms with Crippen LogP contribution in [0.4, 0.5) is 24.5 Å². The first-order valence-corrected chi connectivity index (χ1v) is 6.80. The molecule has 0 bridgehead atoms. The fraction of sp³-hybridized carbons (Fsp3) is 0.0625. The van der Waals surface area contributed by atoms with E-state index < -0.39 is 22.6 Å². The summed E-state index contributed by atoms with van der Waals surface area (Å²) < 4.78 is 38.2. The number of halogens is 3. The quantitative estimate of drug-likeness (QED) is 0.615. The van der Waals surface area contributed by atoms with Crippen LogP contribution >= 0.6 is 0 Å². The molecule has 2 aromatic rings. The van der Waals surface area contributed by atoms with Crippen molar-refractivity contribution in [3.8, 4) is 0 Å². The van der Waals surface area contributed by atoms with Crippen molar-refractivity contribution >= 4 is 23.4 Å². The molecule has 0 heterocycles. The summed E-state index contributed by atoms with van der Waals surface area (Å²) in [4.78, 5) is 21.0. The van der Waals surface area contributed by atoms with Crippen LogP contribution in [0, 0.1) is 10.1 Å². The van der Waals surface area contributed by atoms with Gasteiger partial charge in [0.15, 0.2) is 0 Å². The third-order valence-electron chi connectivity index (χ3n) is 3.13. The van der Waals surface area contributed by atoms with Gasteiger partial charge in [-0.15, -0.1) is 0 Å². The molecule has 25 heavy (non-hydrogen) atoms. The number of nitrogens with zero attached hydrogens (tertiary/aromatic N) is 1. The Labute approximate surface area is 139 Å². The number of benzene rings is 2. The number of rotatable bonds is 5. The van der Waals surface area contributed by atoms with Gasteiger partial charge >= 0.3 is 12.1 Å². The van der Waals surface area contributed by atoms with Crippen LogP contribution in [0.15, 0.2) is 48.7 Å². The lowest BCUT2D eigenvalue weighted by atomic mass is 10.1. The van der Waals surface area contributed by atoms with E-state index in [2.05, 4.69) is 5.32 Å². The molecule has 0 aliphatic carbocycles. The van der Waals surface area contributed by atoms with Crippen LogP contribution in [-0.2, 0) is 6.18 Å². The van der Waals surface area contributed by atoms with Crippen LogP contribution in [0.25, 0.3) is 6.08 Å². The Kier molecular flexibility index (Phi) is 5.06. The number of anilines is 2. The van der Waals surface area contributed by atoms with Gasteiger partial charge < -0.3 is 10.4 Å². The van der Waals surface area contributed by atoms with Gasteiger partial charge in [0, 0.05) is 11.8 Å². The molecule has 130 valence electrons. The van der Waals surface area contributed by atoms with E-state index >= 15 is 0 Å². The van der Waals surface area contributed by atoms with Gasteiger partial charge in [-0.2, -0.15) is 13.2 Å². The van der Waals surface area contributed by atoms with Crippen molar-refractivity contribution in [2.75, 3.05) is 5.32 Å². The fourth-order valence-corrected chi connectivity index (χ4v) is 2.03. The first kappa shape index (κ1) is 18.0. The van der Waals surface area contributed by atoms with E-state index in [4.69, 9.17) is 0 Å². The predicted octanol–water partition coefficient (Wildman–Crippen LogP) is 4.39. The minimum atomic E-state index is -4.52. The lowest BCUT2D eigenvalue weighted by molar-refractivity contribution is -0.400. The second-order valence-corrected chi connectivity index (χ2v) is 4.91. The monoisotopic (exact) mass is 352 g/mol. The van der Waals surface area contributed by atoms with Gasteiger partial charge in [0.2, 0.25) is 6.20 Å². The molecular weight excluding hydrogens is 341 g/mol. The highest BCUT2D eigenvalue weighted by Gasteiger charge is 2.30. The zero-order valence-corrected chi connectivity index (χ0v) is 12.4. The molecule has 0 aliphatic heterocycles. The molecule has 9 heteroatoms. The van der Waals surface area contributed by atoms with Crippen LogP contribution in [0.3, 0.4) is 0 Å². The van der Waals surface area contributed by atoms with E-state index in [-0.39, 0.29) is 22.5 Å². The van der Waals surface area contributed by atoms with E-state index in [0.29, 0.717) is 6.20 Å².